The van der Waals surface area contributed by atoms with Crippen LogP contribution in [0.4, 0.5) is 5.82 Å². The summed E-state index contributed by atoms with van der Waals surface area (Å²) in [7, 11) is 0. The number of rotatable bonds is 4. The molecule has 0 aliphatic carbocycles. The summed E-state index contributed by atoms with van der Waals surface area (Å²) in [5, 5.41) is 0. The zero-order chi connectivity index (χ0) is 13.0. The van der Waals surface area contributed by atoms with Crippen LogP contribution in [-0.4, -0.2) is 9.97 Å². The first kappa shape index (κ1) is 12.5. The second-order valence-corrected chi connectivity index (χ2v) is 4.21. The molecule has 0 aliphatic rings. The van der Waals surface area contributed by atoms with Crippen molar-refractivity contribution < 1.29 is 0 Å². The van der Waals surface area contributed by atoms with Gasteiger partial charge in [0.2, 0.25) is 0 Å². The second kappa shape index (κ2) is 5.60. The van der Waals surface area contributed by atoms with Crippen molar-refractivity contribution in [1.82, 2.24) is 9.97 Å². The van der Waals surface area contributed by atoms with E-state index in [2.05, 4.69) is 34.5 Å². The first-order valence-electron chi connectivity index (χ1n) is 6.11. The lowest BCUT2D eigenvalue weighted by Gasteiger charge is -2.11. The molecule has 94 valence electrons. The summed E-state index contributed by atoms with van der Waals surface area (Å²) in [5.74, 6) is 7.04. The molecule has 1 heterocycles. The van der Waals surface area contributed by atoms with E-state index in [1.807, 2.05) is 25.1 Å². The van der Waals surface area contributed by atoms with Gasteiger partial charge in [0.1, 0.15) is 11.6 Å². The van der Waals surface area contributed by atoms with E-state index in [0.29, 0.717) is 0 Å². The zero-order valence-electron chi connectivity index (χ0n) is 10.8. The van der Waals surface area contributed by atoms with E-state index in [0.717, 1.165) is 35.7 Å². The van der Waals surface area contributed by atoms with E-state index in [4.69, 9.17) is 5.84 Å². The summed E-state index contributed by atoms with van der Waals surface area (Å²) < 4.78 is 0. The van der Waals surface area contributed by atoms with Crippen molar-refractivity contribution in [2.75, 3.05) is 5.43 Å². The lowest BCUT2D eigenvalue weighted by atomic mass is 10.1. The Morgan fingerprint density at radius 1 is 1.17 bits per heavy atom. The summed E-state index contributed by atoms with van der Waals surface area (Å²) in [4.78, 5) is 9.01. The smallest absolute Gasteiger partial charge is 0.147 e. The molecule has 2 rings (SSSR count). The molecule has 0 radical (unpaired) electrons. The Labute approximate surface area is 107 Å². The van der Waals surface area contributed by atoms with Crippen molar-refractivity contribution in [2.45, 2.75) is 26.7 Å². The average Bonchev–Trinajstić information content (AvgIpc) is 2.39. The van der Waals surface area contributed by atoms with E-state index in [9.17, 15) is 0 Å². The first-order valence-corrected chi connectivity index (χ1v) is 6.11. The van der Waals surface area contributed by atoms with Gasteiger partial charge in [-0.25, -0.2) is 15.8 Å². The van der Waals surface area contributed by atoms with Gasteiger partial charge in [-0.1, -0.05) is 37.3 Å². The van der Waals surface area contributed by atoms with Crippen LogP contribution < -0.4 is 11.3 Å². The van der Waals surface area contributed by atoms with Crippen LogP contribution in [0.25, 0.3) is 0 Å². The minimum atomic E-state index is 0.723. The van der Waals surface area contributed by atoms with Gasteiger partial charge in [0.25, 0.3) is 0 Å². The van der Waals surface area contributed by atoms with Gasteiger partial charge in [0, 0.05) is 17.7 Å². The quantitative estimate of drug-likeness (QED) is 0.637. The van der Waals surface area contributed by atoms with Gasteiger partial charge in [0.05, 0.1) is 0 Å². The van der Waals surface area contributed by atoms with Gasteiger partial charge in [-0.3, -0.25) is 0 Å². The highest BCUT2D eigenvalue weighted by molar-refractivity contribution is 5.45. The number of hydrogen-bond acceptors (Lipinski definition) is 4. The third kappa shape index (κ3) is 2.65. The first-order chi connectivity index (χ1) is 8.74. The second-order valence-electron chi connectivity index (χ2n) is 4.21. The number of nitrogen functional groups attached to an aromatic ring is 1. The largest absolute Gasteiger partial charge is 0.308 e. The van der Waals surface area contributed by atoms with Gasteiger partial charge >= 0.3 is 0 Å². The third-order valence-electron chi connectivity index (χ3n) is 2.96. The fraction of sp³-hybridized carbons (Fsp3) is 0.286. The molecular weight excluding hydrogens is 224 g/mol. The number of nitrogens with two attached hydrogens (primary N) is 1. The van der Waals surface area contributed by atoms with Crippen molar-refractivity contribution in [1.29, 1.82) is 0 Å². The predicted octanol–water partition coefficient (Wildman–Crippen LogP) is 2.22. The number of aryl methyl sites for hydroxylation is 1. The monoisotopic (exact) mass is 242 g/mol. The Hall–Kier alpha value is -1.94. The Morgan fingerprint density at radius 3 is 2.50 bits per heavy atom. The summed E-state index contributed by atoms with van der Waals surface area (Å²) in [6.45, 7) is 4.07. The molecule has 0 atom stereocenters. The maximum absolute atomic E-state index is 5.52. The minimum absolute atomic E-state index is 0.723. The molecule has 0 bridgehead atoms. The normalized spacial score (nSPS) is 10.4. The van der Waals surface area contributed by atoms with Gasteiger partial charge < -0.3 is 5.43 Å². The Morgan fingerprint density at radius 2 is 1.89 bits per heavy atom. The molecular formula is C14H18N4. The minimum Gasteiger partial charge on any atom is -0.308 e. The van der Waals surface area contributed by atoms with Crippen LogP contribution in [-0.2, 0) is 12.8 Å². The van der Waals surface area contributed by atoms with E-state index in [1.54, 1.807) is 0 Å². The maximum atomic E-state index is 5.52. The van der Waals surface area contributed by atoms with Crippen LogP contribution in [0.3, 0.4) is 0 Å². The topological polar surface area (TPSA) is 63.8 Å². The van der Waals surface area contributed by atoms with Gasteiger partial charge in [-0.2, -0.15) is 0 Å². The highest BCUT2D eigenvalue weighted by atomic mass is 15.3. The van der Waals surface area contributed by atoms with Crippen LogP contribution in [0.5, 0.6) is 0 Å². The predicted molar refractivity (Wildman–Crippen MR) is 73.2 cm³/mol. The van der Waals surface area contributed by atoms with Crippen LogP contribution in [0.2, 0.25) is 0 Å². The van der Waals surface area contributed by atoms with Crippen molar-refractivity contribution in [3.63, 3.8) is 0 Å². The fourth-order valence-corrected chi connectivity index (χ4v) is 2.05. The number of hydrazine groups is 1. The van der Waals surface area contributed by atoms with E-state index >= 15 is 0 Å². The highest BCUT2D eigenvalue weighted by Gasteiger charge is 2.09. The number of nitrogens with one attached hydrogen (secondary N) is 1. The molecule has 0 fully saturated rings. The number of hydrogen-bond donors (Lipinski definition) is 2. The standard InChI is InChI=1S/C14H18N4/c1-3-12-10(2)16-13(17-14(12)18-15)9-11-7-5-4-6-8-11/h4-8H,3,9,15H2,1-2H3,(H,16,17,18). The molecule has 1 aromatic carbocycles. The van der Waals surface area contributed by atoms with Crippen molar-refractivity contribution in [3.8, 4) is 0 Å². The zero-order valence-corrected chi connectivity index (χ0v) is 10.8. The molecule has 0 spiro atoms. The third-order valence-corrected chi connectivity index (χ3v) is 2.96. The molecule has 4 nitrogen and oxygen atoms in total. The number of nitrogens with zero attached hydrogens (tertiary/aromatic N) is 2. The summed E-state index contributed by atoms with van der Waals surface area (Å²) in [5.41, 5.74) is 5.93. The van der Waals surface area contributed by atoms with Crippen molar-refractivity contribution in [3.05, 3.63) is 53.0 Å². The Balaban J connectivity index is 2.32. The molecule has 2 aromatic rings. The lowest BCUT2D eigenvalue weighted by Crippen LogP contribution is -2.14. The number of anilines is 1. The van der Waals surface area contributed by atoms with Gasteiger partial charge in [-0.05, 0) is 18.9 Å². The van der Waals surface area contributed by atoms with Crippen LogP contribution in [0, 0.1) is 6.92 Å². The molecule has 1 aromatic heterocycles. The summed E-state index contributed by atoms with van der Waals surface area (Å²) >= 11 is 0. The van der Waals surface area contributed by atoms with Crippen LogP contribution in [0.1, 0.15) is 29.6 Å². The van der Waals surface area contributed by atoms with Crippen molar-refractivity contribution >= 4 is 5.82 Å². The van der Waals surface area contributed by atoms with Gasteiger partial charge in [0.15, 0.2) is 0 Å². The Bertz CT molecular complexity index is 523. The van der Waals surface area contributed by atoms with E-state index < -0.39 is 0 Å². The molecule has 0 saturated carbocycles. The molecule has 0 unspecified atom stereocenters. The van der Waals surface area contributed by atoms with Crippen molar-refractivity contribution in [2.24, 2.45) is 5.84 Å². The Kier molecular flexibility index (Phi) is 3.89. The number of benzene rings is 1. The molecule has 0 saturated heterocycles. The van der Waals surface area contributed by atoms with E-state index in [-0.39, 0.29) is 0 Å². The van der Waals surface area contributed by atoms with Gasteiger partial charge in [-0.15, -0.1) is 0 Å². The average molecular weight is 242 g/mol. The van der Waals surface area contributed by atoms with Crippen LogP contribution in [0.15, 0.2) is 30.3 Å². The summed E-state index contributed by atoms with van der Waals surface area (Å²) in [6, 6.07) is 10.2. The molecule has 0 amide bonds. The molecule has 4 heteroatoms. The lowest BCUT2D eigenvalue weighted by molar-refractivity contribution is 0.903. The maximum Gasteiger partial charge on any atom is 0.147 e. The fourth-order valence-electron chi connectivity index (χ4n) is 2.05. The van der Waals surface area contributed by atoms with E-state index in [1.165, 1.54) is 5.56 Å². The molecule has 18 heavy (non-hydrogen) atoms. The van der Waals surface area contributed by atoms with Crippen LogP contribution >= 0.6 is 0 Å². The summed E-state index contributed by atoms with van der Waals surface area (Å²) in [6.07, 6.45) is 1.59. The number of aromatic nitrogens is 2. The molecule has 3 N–H and O–H groups in total. The highest BCUT2D eigenvalue weighted by Crippen LogP contribution is 2.17. The molecule has 0 aliphatic heterocycles. The SMILES string of the molecule is CCc1c(C)nc(Cc2ccccc2)nc1NN.